The third-order valence-electron chi connectivity index (χ3n) is 2.81. The molecule has 0 spiro atoms. The van der Waals surface area contributed by atoms with E-state index in [1.807, 2.05) is 0 Å². The average molecular weight is 278 g/mol. The van der Waals surface area contributed by atoms with Crippen molar-refractivity contribution in [1.29, 1.82) is 0 Å². The van der Waals surface area contributed by atoms with Crippen molar-refractivity contribution in [3.63, 3.8) is 0 Å². The molecule has 8 nitrogen and oxygen atoms in total. The first-order valence-electron chi connectivity index (χ1n) is 5.88. The number of hydrogen-bond donors (Lipinski definition) is 2. The molecule has 0 atom stereocenters. The lowest BCUT2D eigenvalue weighted by atomic mass is 10.2. The minimum absolute atomic E-state index is 0.295. The lowest BCUT2D eigenvalue weighted by Crippen LogP contribution is -2.42. The first-order chi connectivity index (χ1) is 9.41. The van der Waals surface area contributed by atoms with Gasteiger partial charge in [0.15, 0.2) is 0 Å². The van der Waals surface area contributed by atoms with Crippen LogP contribution in [0.3, 0.4) is 0 Å². The molecule has 0 aliphatic carbocycles. The van der Waals surface area contributed by atoms with Crippen LogP contribution in [0.4, 0.5) is 0 Å². The standard InChI is InChI=1S/C12H14N4O4/c1-5-9(7(3)19-15-5)11(17)13-14-12(18)10-6(2)16-20-8(10)4/h1-4H3,(H,13,17)(H,14,18). The molecule has 106 valence electrons. The highest BCUT2D eigenvalue weighted by Crippen LogP contribution is 2.12. The van der Waals surface area contributed by atoms with Crippen LogP contribution in [0.25, 0.3) is 0 Å². The predicted octanol–water partition coefficient (Wildman–Crippen LogP) is 0.971. The molecule has 0 aliphatic rings. The summed E-state index contributed by atoms with van der Waals surface area (Å²) in [5, 5.41) is 7.34. The lowest BCUT2D eigenvalue weighted by molar-refractivity contribution is 0.0844. The average Bonchev–Trinajstić information content (AvgIpc) is 2.89. The Morgan fingerprint density at radius 2 is 1.15 bits per heavy atom. The van der Waals surface area contributed by atoms with Gasteiger partial charge in [-0.3, -0.25) is 20.4 Å². The number of aryl methyl sites for hydroxylation is 4. The highest BCUT2D eigenvalue weighted by Gasteiger charge is 2.21. The van der Waals surface area contributed by atoms with Crippen LogP contribution in [0.1, 0.15) is 43.6 Å². The second-order valence-electron chi connectivity index (χ2n) is 4.31. The normalized spacial score (nSPS) is 10.4. The van der Waals surface area contributed by atoms with Crippen LogP contribution in [-0.2, 0) is 0 Å². The van der Waals surface area contributed by atoms with Gasteiger partial charge < -0.3 is 9.05 Å². The zero-order chi connectivity index (χ0) is 14.9. The van der Waals surface area contributed by atoms with E-state index in [-0.39, 0.29) is 0 Å². The van der Waals surface area contributed by atoms with E-state index in [9.17, 15) is 9.59 Å². The van der Waals surface area contributed by atoms with Crippen LogP contribution in [0.15, 0.2) is 9.05 Å². The number of rotatable bonds is 2. The molecule has 0 aliphatic heterocycles. The molecule has 0 fully saturated rings. The molecule has 2 N–H and O–H groups in total. The third-order valence-corrected chi connectivity index (χ3v) is 2.81. The van der Waals surface area contributed by atoms with Crippen LogP contribution in [-0.4, -0.2) is 22.1 Å². The van der Waals surface area contributed by atoms with Crippen molar-refractivity contribution in [1.82, 2.24) is 21.2 Å². The zero-order valence-electron chi connectivity index (χ0n) is 11.5. The van der Waals surface area contributed by atoms with E-state index in [0.29, 0.717) is 34.0 Å². The van der Waals surface area contributed by atoms with Crippen molar-refractivity contribution >= 4 is 11.8 Å². The molecule has 2 rings (SSSR count). The Morgan fingerprint density at radius 3 is 1.40 bits per heavy atom. The third kappa shape index (κ3) is 2.40. The smallest absolute Gasteiger partial charge is 0.275 e. The Kier molecular flexibility index (Phi) is 3.55. The van der Waals surface area contributed by atoms with Gasteiger partial charge in [0.05, 0.1) is 11.4 Å². The van der Waals surface area contributed by atoms with Gasteiger partial charge in [0.25, 0.3) is 11.8 Å². The minimum Gasteiger partial charge on any atom is -0.361 e. The fraction of sp³-hybridized carbons (Fsp3) is 0.333. The van der Waals surface area contributed by atoms with Crippen molar-refractivity contribution in [2.24, 2.45) is 0 Å². The Morgan fingerprint density at radius 1 is 0.800 bits per heavy atom. The maximum atomic E-state index is 11.9. The topological polar surface area (TPSA) is 110 Å². The van der Waals surface area contributed by atoms with Gasteiger partial charge in [-0.2, -0.15) is 0 Å². The summed E-state index contributed by atoms with van der Waals surface area (Å²) in [6.07, 6.45) is 0. The maximum absolute atomic E-state index is 11.9. The molecule has 2 aromatic rings. The van der Waals surface area contributed by atoms with E-state index in [1.165, 1.54) is 0 Å². The van der Waals surface area contributed by atoms with Crippen LogP contribution < -0.4 is 10.9 Å². The van der Waals surface area contributed by atoms with Crippen LogP contribution in [0, 0.1) is 27.7 Å². The quantitative estimate of drug-likeness (QED) is 0.792. The second-order valence-corrected chi connectivity index (χ2v) is 4.31. The van der Waals surface area contributed by atoms with Gasteiger partial charge in [-0.1, -0.05) is 10.3 Å². The van der Waals surface area contributed by atoms with Crippen molar-refractivity contribution in [3.8, 4) is 0 Å². The molecular weight excluding hydrogens is 264 g/mol. The number of aromatic nitrogens is 2. The molecule has 0 radical (unpaired) electrons. The van der Waals surface area contributed by atoms with Gasteiger partial charge in [-0.05, 0) is 27.7 Å². The van der Waals surface area contributed by atoms with E-state index in [2.05, 4.69) is 21.2 Å². The minimum atomic E-state index is -0.499. The van der Waals surface area contributed by atoms with E-state index < -0.39 is 11.8 Å². The van der Waals surface area contributed by atoms with E-state index in [1.54, 1.807) is 27.7 Å². The van der Waals surface area contributed by atoms with Crippen molar-refractivity contribution in [2.75, 3.05) is 0 Å². The number of hydrazine groups is 1. The van der Waals surface area contributed by atoms with E-state index in [4.69, 9.17) is 9.05 Å². The molecule has 0 unspecified atom stereocenters. The summed E-state index contributed by atoms with van der Waals surface area (Å²) in [6, 6.07) is 0. The molecular formula is C12H14N4O4. The molecule has 2 aromatic heterocycles. The highest BCUT2D eigenvalue weighted by atomic mass is 16.5. The first-order valence-corrected chi connectivity index (χ1v) is 5.88. The first kappa shape index (κ1) is 13.8. The molecule has 0 aromatic carbocycles. The summed E-state index contributed by atoms with van der Waals surface area (Å²) in [5.41, 5.74) is 6.09. The molecule has 20 heavy (non-hydrogen) atoms. The molecule has 0 bridgehead atoms. The van der Waals surface area contributed by atoms with Gasteiger partial charge in [0.2, 0.25) is 0 Å². The lowest BCUT2D eigenvalue weighted by Gasteiger charge is -2.06. The van der Waals surface area contributed by atoms with E-state index >= 15 is 0 Å². The number of carbonyl (C=O) groups excluding carboxylic acids is 2. The van der Waals surface area contributed by atoms with Crippen molar-refractivity contribution < 1.29 is 18.6 Å². The van der Waals surface area contributed by atoms with Gasteiger partial charge in [0.1, 0.15) is 22.6 Å². The SMILES string of the molecule is Cc1noc(C)c1C(=O)NNC(=O)c1c(C)noc1C. The molecule has 0 saturated carbocycles. The van der Waals surface area contributed by atoms with E-state index in [0.717, 1.165) is 0 Å². The Bertz CT molecular complexity index is 574. The Hall–Kier alpha value is -2.64. The number of nitrogens with zero attached hydrogens (tertiary/aromatic N) is 2. The summed E-state index contributed by atoms with van der Waals surface area (Å²) in [7, 11) is 0. The summed E-state index contributed by atoms with van der Waals surface area (Å²) in [5.74, 6) is -0.235. The maximum Gasteiger partial charge on any atom is 0.275 e. The fourth-order valence-corrected chi connectivity index (χ4v) is 1.85. The summed E-state index contributed by atoms with van der Waals surface area (Å²) < 4.78 is 9.77. The summed E-state index contributed by atoms with van der Waals surface area (Å²) >= 11 is 0. The number of carbonyl (C=O) groups is 2. The highest BCUT2D eigenvalue weighted by molar-refractivity contribution is 6.00. The second kappa shape index (κ2) is 5.16. The molecule has 2 heterocycles. The number of hydrogen-bond acceptors (Lipinski definition) is 6. The van der Waals surface area contributed by atoms with Gasteiger partial charge in [0, 0.05) is 0 Å². The van der Waals surface area contributed by atoms with Crippen LogP contribution in [0.2, 0.25) is 0 Å². The number of nitrogens with one attached hydrogen (secondary N) is 2. The van der Waals surface area contributed by atoms with Gasteiger partial charge in [-0.25, -0.2) is 0 Å². The fourth-order valence-electron chi connectivity index (χ4n) is 1.85. The zero-order valence-corrected chi connectivity index (χ0v) is 11.5. The Balaban J connectivity index is 2.06. The summed E-state index contributed by atoms with van der Waals surface area (Å²) in [6.45, 7) is 6.51. The molecule has 0 saturated heterocycles. The summed E-state index contributed by atoms with van der Waals surface area (Å²) in [4.78, 5) is 23.9. The Labute approximate surface area is 114 Å². The molecule has 2 amide bonds. The van der Waals surface area contributed by atoms with Gasteiger partial charge >= 0.3 is 0 Å². The van der Waals surface area contributed by atoms with Crippen LogP contribution in [0.5, 0.6) is 0 Å². The predicted molar refractivity (Wildman–Crippen MR) is 66.9 cm³/mol. The molecule has 8 heteroatoms. The largest absolute Gasteiger partial charge is 0.361 e. The number of amides is 2. The van der Waals surface area contributed by atoms with Crippen LogP contribution >= 0.6 is 0 Å². The van der Waals surface area contributed by atoms with Crippen molar-refractivity contribution in [2.45, 2.75) is 27.7 Å². The van der Waals surface area contributed by atoms with Crippen molar-refractivity contribution in [3.05, 3.63) is 34.0 Å². The monoisotopic (exact) mass is 278 g/mol. The van der Waals surface area contributed by atoms with Gasteiger partial charge in [-0.15, -0.1) is 0 Å².